The number of ether oxygens (including phenoxy) is 1. The minimum Gasteiger partial charge on any atom is -0.495 e. The van der Waals surface area contributed by atoms with Gasteiger partial charge in [0.25, 0.3) is 5.91 Å². The summed E-state index contributed by atoms with van der Waals surface area (Å²) in [5.41, 5.74) is 3.57. The van der Waals surface area contributed by atoms with Gasteiger partial charge in [-0.15, -0.1) is 0 Å². The van der Waals surface area contributed by atoms with Crippen LogP contribution in [0.3, 0.4) is 0 Å². The second-order valence-corrected chi connectivity index (χ2v) is 8.53. The molecule has 3 N–H and O–H groups in total. The Bertz CT molecular complexity index is 1310. The molecule has 0 saturated carbocycles. The van der Waals surface area contributed by atoms with Crippen molar-refractivity contribution < 1.29 is 9.53 Å². The highest BCUT2D eigenvalue weighted by Crippen LogP contribution is 2.35. The van der Waals surface area contributed by atoms with Crippen molar-refractivity contribution in [1.82, 2.24) is 10.3 Å². The van der Waals surface area contributed by atoms with E-state index in [0.717, 1.165) is 27.7 Å². The first kappa shape index (κ1) is 18.9. The molecule has 1 aromatic heterocycles. The number of rotatable bonds is 4. The van der Waals surface area contributed by atoms with Gasteiger partial charge in [0, 0.05) is 26.8 Å². The Hall–Kier alpha value is -3.09. The summed E-state index contributed by atoms with van der Waals surface area (Å²) in [7, 11) is 1.60. The minimum atomic E-state index is -0.312. The number of carbonyl (C=O) groups excluding carboxylic acids is 1. The van der Waals surface area contributed by atoms with Crippen LogP contribution in [0.25, 0.3) is 27.9 Å². The lowest BCUT2D eigenvalue weighted by Crippen LogP contribution is -2.31. The summed E-state index contributed by atoms with van der Waals surface area (Å²) in [4.78, 5) is 16.6. The predicted molar refractivity (Wildman–Crippen MR) is 125 cm³/mol. The number of halogens is 1. The molecule has 1 fully saturated rings. The fourth-order valence-corrected chi connectivity index (χ4v) is 4.75. The number of fused-ring (bicyclic) bond motifs is 3. The molecule has 150 valence electrons. The quantitative estimate of drug-likeness (QED) is 0.366. The lowest BCUT2D eigenvalue weighted by Gasteiger charge is -2.15. The average Bonchev–Trinajstić information content (AvgIpc) is 3.28. The van der Waals surface area contributed by atoms with Crippen molar-refractivity contribution in [3.05, 3.63) is 76.2 Å². The summed E-state index contributed by atoms with van der Waals surface area (Å²) in [6, 6.07) is 19.7. The zero-order valence-electron chi connectivity index (χ0n) is 16.0. The number of nitrogens with one attached hydrogen (secondary N) is 3. The SMILES string of the molecule is COc1ccc(Cl)cc1NC1NC(=O)/C(=C/c2ccc3[nH]c4ccccc4c3c2)S1. The number of H-pyrrole nitrogens is 1. The van der Waals surface area contributed by atoms with E-state index in [1.807, 2.05) is 30.3 Å². The molecule has 2 heterocycles. The number of para-hydroxylation sites is 1. The van der Waals surface area contributed by atoms with Crippen LogP contribution in [0, 0.1) is 0 Å². The van der Waals surface area contributed by atoms with Gasteiger partial charge in [0.2, 0.25) is 0 Å². The number of carbonyl (C=O) groups is 1. The molecule has 5 nitrogen and oxygen atoms in total. The Kier molecular flexibility index (Phi) is 4.81. The highest BCUT2D eigenvalue weighted by Gasteiger charge is 2.27. The van der Waals surface area contributed by atoms with Crippen LogP contribution in [0.15, 0.2) is 65.6 Å². The lowest BCUT2D eigenvalue weighted by molar-refractivity contribution is -0.116. The molecular weight excluding hydrogens is 418 g/mol. The van der Waals surface area contributed by atoms with Crippen LogP contribution in [0.4, 0.5) is 5.69 Å². The fraction of sp³-hybridized carbons (Fsp3) is 0.0870. The van der Waals surface area contributed by atoms with E-state index in [0.29, 0.717) is 15.7 Å². The molecule has 4 aromatic rings. The predicted octanol–water partition coefficient (Wildman–Crippen LogP) is 5.58. The van der Waals surface area contributed by atoms with Gasteiger partial charge in [0.05, 0.1) is 17.7 Å². The number of methoxy groups -OCH3 is 1. The van der Waals surface area contributed by atoms with Crippen molar-refractivity contribution in [2.45, 2.75) is 5.50 Å². The maximum atomic E-state index is 12.5. The third-order valence-electron chi connectivity index (χ3n) is 5.01. The van der Waals surface area contributed by atoms with Crippen LogP contribution in [0.1, 0.15) is 5.56 Å². The van der Waals surface area contributed by atoms with Crippen molar-refractivity contribution in [3.8, 4) is 5.75 Å². The molecule has 3 aromatic carbocycles. The first-order valence-corrected chi connectivity index (χ1v) is 10.7. The zero-order chi connectivity index (χ0) is 20.7. The molecule has 0 aliphatic carbocycles. The van der Waals surface area contributed by atoms with Gasteiger partial charge in [-0.3, -0.25) is 4.79 Å². The van der Waals surface area contributed by atoms with Crippen LogP contribution >= 0.6 is 23.4 Å². The first-order valence-electron chi connectivity index (χ1n) is 9.40. The van der Waals surface area contributed by atoms with Gasteiger partial charge in [-0.1, -0.05) is 47.6 Å². The molecule has 0 spiro atoms. The van der Waals surface area contributed by atoms with Gasteiger partial charge < -0.3 is 20.4 Å². The number of anilines is 1. The Morgan fingerprint density at radius 2 is 1.90 bits per heavy atom. The van der Waals surface area contributed by atoms with Crippen molar-refractivity contribution in [2.75, 3.05) is 12.4 Å². The van der Waals surface area contributed by atoms with Gasteiger partial charge in [-0.25, -0.2) is 0 Å². The van der Waals surface area contributed by atoms with Crippen molar-refractivity contribution in [1.29, 1.82) is 0 Å². The van der Waals surface area contributed by atoms with Crippen LogP contribution in [0.2, 0.25) is 5.02 Å². The molecule has 0 radical (unpaired) electrons. The topological polar surface area (TPSA) is 66.2 Å². The van der Waals surface area contributed by atoms with E-state index in [2.05, 4.69) is 33.8 Å². The van der Waals surface area contributed by atoms with Crippen LogP contribution < -0.4 is 15.4 Å². The summed E-state index contributed by atoms with van der Waals surface area (Å²) in [6.07, 6.45) is 1.91. The third kappa shape index (κ3) is 3.49. The highest BCUT2D eigenvalue weighted by atomic mass is 35.5. The van der Waals surface area contributed by atoms with Crippen molar-refractivity contribution >= 4 is 62.8 Å². The smallest absolute Gasteiger partial charge is 0.260 e. The normalized spacial score (nSPS) is 17.6. The van der Waals surface area contributed by atoms with Gasteiger partial charge >= 0.3 is 0 Å². The molecule has 1 atom stereocenters. The number of hydrogen-bond acceptors (Lipinski definition) is 4. The van der Waals surface area contributed by atoms with Crippen molar-refractivity contribution in [3.63, 3.8) is 0 Å². The van der Waals surface area contributed by atoms with Crippen LogP contribution in [-0.4, -0.2) is 23.5 Å². The summed E-state index contributed by atoms with van der Waals surface area (Å²) < 4.78 is 5.37. The maximum Gasteiger partial charge on any atom is 0.260 e. The summed E-state index contributed by atoms with van der Waals surface area (Å²) in [6.45, 7) is 0. The molecule has 1 aliphatic heterocycles. The number of hydrogen-bond donors (Lipinski definition) is 3. The van der Waals surface area contributed by atoms with E-state index in [4.69, 9.17) is 16.3 Å². The molecular formula is C23H18ClN3O2S. The summed E-state index contributed by atoms with van der Waals surface area (Å²) in [5, 5.41) is 9.12. The second kappa shape index (κ2) is 7.63. The Labute approximate surface area is 182 Å². The monoisotopic (exact) mass is 435 g/mol. The summed E-state index contributed by atoms with van der Waals surface area (Å²) >= 11 is 7.53. The molecule has 1 aliphatic rings. The second-order valence-electron chi connectivity index (χ2n) is 6.94. The molecule has 0 bridgehead atoms. The average molecular weight is 436 g/mol. The highest BCUT2D eigenvalue weighted by molar-refractivity contribution is 8.05. The van der Waals surface area contributed by atoms with E-state index < -0.39 is 0 Å². The van der Waals surface area contributed by atoms with E-state index in [-0.39, 0.29) is 11.4 Å². The number of benzene rings is 3. The van der Waals surface area contributed by atoms with Crippen LogP contribution in [-0.2, 0) is 4.79 Å². The molecule has 30 heavy (non-hydrogen) atoms. The zero-order valence-corrected chi connectivity index (χ0v) is 17.6. The number of aromatic nitrogens is 1. The Morgan fingerprint density at radius 3 is 2.77 bits per heavy atom. The Balaban J connectivity index is 1.42. The molecule has 1 unspecified atom stereocenters. The van der Waals surface area contributed by atoms with Gasteiger partial charge in [-0.2, -0.15) is 0 Å². The number of aromatic amines is 1. The lowest BCUT2D eigenvalue weighted by atomic mass is 10.1. The maximum absolute atomic E-state index is 12.5. The van der Waals surface area contributed by atoms with Gasteiger partial charge in [0.15, 0.2) is 5.50 Å². The van der Waals surface area contributed by atoms with E-state index in [9.17, 15) is 4.79 Å². The number of thioether (sulfide) groups is 1. The van der Waals surface area contributed by atoms with Gasteiger partial charge in [-0.05, 0) is 48.0 Å². The standard InChI is InChI=1S/C23H18ClN3O2S/c1-29-20-9-7-14(24)12-19(20)26-23-27-22(28)21(30-23)11-13-6-8-18-16(10-13)15-4-2-3-5-17(15)25-18/h2-12,23,25-26H,1H3,(H,27,28)/b21-11-. The summed E-state index contributed by atoms with van der Waals surface area (Å²) in [5.74, 6) is 0.550. The van der Waals surface area contributed by atoms with E-state index in [1.54, 1.807) is 25.3 Å². The third-order valence-corrected chi connectivity index (χ3v) is 6.27. The van der Waals surface area contributed by atoms with Gasteiger partial charge in [0.1, 0.15) is 5.75 Å². The van der Waals surface area contributed by atoms with Crippen molar-refractivity contribution in [2.24, 2.45) is 0 Å². The fourth-order valence-electron chi connectivity index (χ4n) is 3.61. The largest absolute Gasteiger partial charge is 0.495 e. The minimum absolute atomic E-state index is 0.113. The molecule has 1 amide bonds. The van der Waals surface area contributed by atoms with Crippen LogP contribution in [0.5, 0.6) is 5.75 Å². The Morgan fingerprint density at radius 1 is 1.07 bits per heavy atom. The number of amides is 1. The molecule has 5 rings (SSSR count). The molecule has 7 heteroatoms. The molecule has 1 saturated heterocycles. The van der Waals surface area contributed by atoms with E-state index >= 15 is 0 Å². The first-order chi connectivity index (χ1) is 14.6. The van der Waals surface area contributed by atoms with E-state index in [1.165, 1.54) is 17.1 Å².